The Morgan fingerprint density at radius 1 is 1.47 bits per heavy atom. The van der Waals surface area contributed by atoms with Gasteiger partial charge in [0.2, 0.25) is 0 Å². The molecular formula is C11H13FN2O3. The molecule has 0 aliphatic rings. The number of hydrogen-bond acceptors (Lipinski definition) is 3. The number of anilines is 1. The van der Waals surface area contributed by atoms with Gasteiger partial charge in [0, 0.05) is 12.2 Å². The van der Waals surface area contributed by atoms with Crippen LogP contribution in [0.2, 0.25) is 0 Å². The van der Waals surface area contributed by atoms with Crippen LogP contribution in [-0.2, 0) is 4.79 Å². The number of carbonyl (C=O) groups is 2. The van der Waals surface area contributed by atoms with Crippen molar-refractivity contribution in [1.29, 1.82) is 0 Å². The van der Waals surface area contributed by atoms with E-state index in [2.05, 4.69) is 0 Å². The van der Waals surface area contributed by atoms with Gasteiger partial charge in [-0.3, -0.25) is 9.59 Å². The van der Waals surface area contributed by atoms with E-state index in [1.54, 1.807) is 6.92 Å². The van der Waals surface area contributed by atoms with Crippen molar-refractivity contribution in [2.24, 2.45) is 0 Å². The molecule has 1 aromatic rings. The van der Waals surface area contributed by atoms with E-state index in [9.17, 15) is 14.0 Å². The molecule has 92 valence electrons. The lowest BCUT2D eigenvalue weighted by Gasteiger charge is -2.18. The highest BCUT2D eigenvalue weighted by Crippen LogP contribution is 2.14. The summed E-state index contributed by atoms with van der Waals surface area (Å²) < 4.78 is 13.5. The molecule has 0 radical (unpaired) electrons. The van der Waals surface area contributed by atoms with Gasteiger partial charge < -0.3 is 15.7 Å². The number of nitrogens with two attached hydrogens (primary N) is 1. The second-order valence-corrected chi connectivity index (χ2v) is 3.45. The van der Waals surface area contributed by atoms with Crippen molar-refractivity contribution in [1.82, 2.24) is 4.90 Å². The lowest BCUT2D eigenvalue weighted by molar-refractivity contribution is -0.137. The van der Waals surface area contributed by atoms with Crippen molar-refractivity contribution < 1.29 is 19.1 Å². The van der Waals surface area contributed by atoms with Gasteiger partial charge >= 0.3 is 5.97 Å². The van der Waals surface area contributed by atoms with Crippen LogP contribution >= 0.6 is 0 Å². The summed E-state index contributed by atoms with van der Waals surface area (Å²) in [7, 11) is 0. The number of halogens is 1. The minimum Gasteiger partial charge on any atom is -0.480 e. The standard InChI is InChI=1S/C11H13FN2O3/c1-2-14(6-10(15)16)11(17)8-4-3-7(13)5-9(8)12/h3-5H,2,6,13H2,1H3,(H,15,16). The molecule has 0 aliphatic carbocycles. The van der Waals surface area contributed by atoms with E-state index in [0.717, 1.165) is 11.0 Å². The first kappa shape index (κ1) is 13.0. The van der Waals surface area contributed by atoms with Crippen LogP contribution in [0.3, 0.4) is 0 Å². The molecule has 0 heterocycles. The highest BCUT2D eigenvalue weighted by atomic mass is 19.1. The molecule has 0 saturated heterocycles. The monoisotopic (exact) mass is 240 g/mol. The van der Waals surface area contributed by atoms with Gasteiger partial charge in [-0.05, 0) is 25.1 Å². The maximum atomic E-state index is 13.5. The largest absolute Gasteiger partial charge is 0.480 e. The van der Waals surface area contributed by atoms with Crippen molar-refractivity contribution in [3.8, 4) is 0 Å². The van der Waals surface area contributed by atoms with Crippen LogP contribution in [0.25, 0.3) is 0 Å². The van der Waals surface area contributed by atoms with Gasteiger partial charge in [-0.1, -0.05) is 0 Å². The van der Waals surface area contributed by atoms with E-state index in [1.165, 1.54) is 12.1 Å². The number of nitrogen functional groups attached to an aromatic ring is 1. The van der Waals surface area contributed by atoms with Crippen molar-refractivity contribution in [2.75, 3.05) is 18.8 Å². The summed E-state index contributed by atoms with van der Waals surface area (Å²) in [6.07, 6.45) is 0. The van der Waals surface area contributed by atoms with Gasteiger partial charge in [-0.15, -0.1) is 0 Å². The predicted molar refractivity (Wildman–Crippen MR) is 60.0 cm³/mol. The zero-order valence-corrected chi connectivity index (χ0v) is 9.31. The molecule has 0 spiro atoms. The normalized spacial score (nSPS) is 10.0. The summed E-state index contributed by atoms with van der Waals surface area (Å²) in [6.45, 7) is 1.35. The summed E-state index contributed by atoms with van der Waals surface area (Å²) in [6, 6.07) is 3.67. The van der Waals surface area contributed by atoms with Crippen LogP contribution in [0, 0.1) is 5.82 Å². The third kappa shape index (κ3) is 3.17. The van der Waals surface area contributed by atoms with Gasteiger partial charge in [0.25, 0.3) is 5.91 Å². The minimum absolute atomic E-state index is 0.178. The number of likely N-dealkylation sites (N-methyl/N-ethyl adjacent to an activating group) is 1. The zero-order valence-electron chi connectivity index (χ0n) is 9.31. The minimum atomic E-state index is -1.14. The second kappa shape index (κ2) is 5.29. The summed E-state index contributed by atoms with van der Waals surface area (Å²) in [4.78, 5) is 23.4. The smallest absolute Gasteiger partial charge is 0.323 e. The molecule has 1 rings (SSSR count). The molecule has 0 atom stereocenters. The van der Waals surface area contributed by atoms with Gasteiger partial charge in [-0.25, -0.2) is 4.39 Å². The Bertz CT molecular complexity index is 448. The quantitative estimate of drug-likeness (QED) is 0.767. The number of amides is 1. The van der Waals surface area contributed by atoms with Crippen molar-refractivity contribution in [2.45, 2.75) is 6.92 Å². The lowest BCUT2D eigenvalue weighted by Crippen LogP contribution is -2.35. The summed E-state index contributed by atoms with van der Waals surface area (Å²) in [5.41, 5.74) is 5.39. The number of nitrogens with zero attached hydrogens (tertiary/aromatic N) is 1. The van der Waals surface area contributed by atoms with E-state index < -0.39 is 24.2 Å². The zero-order chi connectivity index (χ0) is 13.0. The average molecular weight is 240 g/mol. The molecule has 0 unspecified atom stereocenters. The predicted octanol–water partition coefficient (Wildman–Crippen LogP) is 0.955. The Hall–Kier alpha value is -2.11. The van der Waals surface area contributed by atoms with Crippen molar-refractivity contribution in [3.63, 3.8) is 0 Å². The first-order valence-electron chi connectivity index (χ1n) is 5.01. The van der Waals surface area contributed by atoms with Gasteiger partial charge in [0.15, 0.2) is 0 Å². The van der Waals surface area contributed by atoms with Gasteiger partial charge in [-0.2, -0.15) is 0 Å². The van der Waals surface area contributed by atoms with E-state index in [4.69, 9.17) is 10.8 Å². The molecule has 3 N–H and O–H groups in total. The van der Waals surface area contributed by atoms with Crippen LogP contribution in [0.5, 0.6) is 0 Å². The Balaban J connectivity index is 2.97. The highest BCUT2D eigenvalue weighted by Gasteiger charge is 2.19. The first-order valence-corrected chi connectivity index (χ1v) is 5.01. The number of rotatable bonds is 4. The van der Waals surface area contributed by atoms with Crippen LogP contribution in [-0.4, -0.2) is 35.0 Å². The molecule has 0 fully saturated rings. The average Bonchev–Trinajstić information content (AvgIpc) is 2.24. The lowest BCUT2D eigenvalue weighted by atomic mass is 10.1. The fourth-order valence-corrected chi connectivity index (χ4v) is 1.37. The molecule has 0 aromatic heterocycles. The van der Waals surface area contributed by atoms with Crippen LogP contribution in [0.4, 0.5) is 10.1 Å². The van der Waals surface area contributed by atoms with E-state index in [1.807, 2.05) is 0 Å². The Labute approximate surface area is 97.6 Å². The first-order chi connectivity index (χ1) is 7.95. The molecule has 1 amide bonds. The molecule has 0 aliphatic heterocycles. The maximum absolute atomic E-state index is 13.5. The summed E-state index contributed by atoms with van der Waals surface area (Å²) in [5, 5.41) is 8.62. The number of carboxylic acids is 1. The Morgan fingerprint density at radius 2 is 2.12 bits per heavy atom. The number of hydrogen-bond donors (Lipinski definition) is 2. The molecular weight excluding hydrogens is 227 g/mol. The SMILES string of the molecule is CCN(CC(=O)O)C(=O)c1ccc(N)cc1F. The third-order valence-electron chi connectivity index (χ3n) is 2.22. The fourth-order valence-electron chi connectivity index (χ4n) is 1.37. The number of benzene rings is 1. The topological polar surface area (TPSA) is 83.6 Å². The Morgan fingerprint density at radius 3 is 2.59 bits per heavy atom. The number of carboxylic acid groups (broad SMARTS) is 1. The van der Waals surface area contributed by atoms with Crippen molar-refractivity contribution >= 4 is 17.6 Å². The van der Waals surface area contributed by atoms with E-state index in [-0.39, 0.29) is 17.8 Å². The Kier molecular flexibility index (Phi) is 4.03. The van der Waals surface area contributed by atoms with E-state index >= 15 is 0 Å². The van der Waals surface area contributed by atoms with Crippen LogP contribution < -0.4 is 5.73 Å². The third-order valence-corrected chi connectivity index (χ3v) is 2.22. The molecule has 17 heavy (non-hydrogen) atoms. The number of carbonyl (C=O) groups excluding carboxylic acids is 1. The number of aliphatic carboxylic acids is 1. The summed E-state index contributed by atoms with van der Waals surface area (Å²) in [5.74, 6) is -2.55. The molecule has 0 bridgehead atoms. The van der Waals surface area contributed by atoms with E-state index in [0.29, 0.717) is 0 Å². The molecule has 1 aromatic carbocycles. The molecule has 5 nitrogen and oxygen atoms in total. The van der Waals surface area contributed by atoms with Gasteiger partial charge in [0.05, 0.1) is 5.56 Å². The highest BCUT2D eigenvalue weighted by molar-refractivity contribution is 5.96. The second-order valence-electron chi connectivity index (χ2n) is 3.45. The van der Waals surface area contributed by atoms with Crippen LogP contribution in [0.1, 0.15) is 17.3 Å². The molecule has 6 heteroatoms. The van der Waals surface area contributed by atoms with Crippen molar-refractivity contribution in [3.05, 3.63) is 29.6 Å². The van der Waals surface area contributed by atoms with Crippen LogP contribution in [0.15, 0.2) is 18.2 Å². The molecule has 0 saturated carbocycles. The summed E-state index contributed by atoms with van der Waals surface area (Å²) >= 11 is 0. The fraction of sp³-hybridized carbons (Fsp3) is 0.273. The van der Waals surface area contributed by atoms with Gasteiger partial charge in [0.1, 0.15) is 12.4 Å². The maximum Gasteiger partial charge on any atom is 0.323 e.